The van der Waals surface area contributed by atoms with Gasteiger partial charge in [-0.2, -0.15) is 0 Å². The van der Waals surface area contributed by atoms with Gasteiger partial charge in [0.05, 0.1) is 0 Å². The van der Waals surface area contributed by atoms with Crippen LogP contribution >= 0.6 is 0 Å². The fourth-order valence-electron chi connectivity index (χ4n) is 3.01. The number of benzene rings is 1. The Kier molecular flexibility index (Phi) is 6.12. The van der Waals surface area contributed by atoms with Crippen LogP contribution < -0.4 is 10.6 Å². The van der Waals surface area contributed by atoms with Crippen molar-refractivity contribution in [2.24, 2.45) is 0 Å². The predicted molar refractivity (Wildman–Crippen MR) is 89.2 cm³/mol. The lowest BCUT2D eigenvalue weighted by Gasteiger charge is -2.28. The topological polar surface area (TPSA) is 95.5 Å². The Balaban J connectivity index is 1.85. The highest BCUT2D eigenvalue weighted by molar-refractivity contribution is 5.80. The molecular weight excluding hydrogens is 327 g/mol. The standard InChI is InChI=1S/C18H23FN2O4/c1-12-2-3-13(10-14(12)19)11-20-15(22)4-7-18(9-6-17(24)25)8-5-16(23)21-18/h2-3,10H,4-9,11H2,1H3,(H,20,22)(H,21,23)(H,24,25)/t18-/m1/s1. The number of carboxylic acid groups (broad SMARTS) is 1. The molecule has 0 spiro atoms. The van der Waals surface area contributed by atoms with Crippen LogP contribution in [0.3, 0.4) is 0 Å². The van der Waals surface area contributed by atoms with Gasteiger partial charge in [-0.05, 0) is 43.4 Å². The van der Waals surface area contributed by atoms with Crippen LogP contribution in [0.15, 0.2) is 18.2 Å². The van der Waals surface area contributed by atoms with Gasteiger partial charge in [-0.15, -0.1) is 0 Å². The molecule has 1 aromatic carbocycles. The monoisotopic (exact) mass is 350 g/mol. The zero-order valence-electron chi connectivity index (χ0n) is 14.2. The Labute approximate surface area is 145 Å². The number of aryl methyl sites for hydroxylation is 1. The number of hydrogen-bond acceptors (Lipinski definition) is 3. The van der Waals surface area contributed by atoms with Gasteiger partial charge in [-0.3, -0.25) is 14.4 Å². The highest BCUT2D eigenvalue weighted by Gasteiger charge is 2.37. The lowest BCUT2D eigenvalue weighted by atomic mass is 9.86. The number of halogens is 1. The Morgan fingerprint density at radius 3 is 2.64 bits per heavy atom. The van der Waals surface area contributed by atoms with Crippen LogP contribution in [0, 0.1) is 12.7 Å². The zero-order valence-corrected chi connectivity index (χ0v) is 14.2. The van der Waals surface area contributed by atoms with E-state index < -0.39 is 11.5 Å². The minimum atomic E-state index is -0.925. The lowest BCUT2D eigenvalue weighted by Crippen LogP contribution is -2.43. The van der Waals surface area contributed by atoms with Gasteiger partial charge in [0.25, 0.3) is 0 Å². The molecule has 0 bridgehead atoms. The van der Waals surface area contributed by atoms with Gasteiger partial charge in [0.2, 0.25) is 11.8 Å². The van der Waals surface area contributed by atoms with Crippen molar-refractivity contribution in [1.82, 2.24) is 10.6 Å². The molecule has 1 aliphatic heterocycles. The molecule has 0 aromatic heterocycles. The third-order valence-electron chi connectivity index (χ3n) is 4.61. The molecule has 3 N–H and O–H groups in total. The first-order chi connectivity index (χ1) is 11.8. The molecule has 2 amide bonds. The lowest BCUT2D eigenvalue weighted by molar-refractivity contribution is -0.137. The summed E-state index contributed by atoms with van der Waals surface area (Å²) in [5.41, 5.74) is 0.599. The first kappa shape index (κ1) is 18.9. The quantitative estimate of drug-likeness (QED) is 0.669. The van der Waals surface area contributed by atoms with E-state index in [9.17, 15) is 18.8 Å². The number of amides is 2. The maximum Gasteiger partial charge on any atom is 0.303 e. The van der Waals surface area contributed by atoms with E-state index >= 15 is 0 Å². The molecule has 1 heterocycles. The minimum Gasteiger partial charge on any atom is -0.481 e. The van der Waals surface area contributed by atoms with E-state index in [1.54, 1.807) is 19.1 Å². The van der Waals surface area contributed by atoms with E-state index in [-0.39, 0.29) is 37.0 Å². The molecule has 0 radical (unpaired) electrons. The van der Waals surface area contributed by atoms with Gasteiger partial charge in [-0.25, -0.2) is 4.39 Å². The summed E-state index contributed by atoms with van der Waals surface area (Å²) in [4.78, 5) is 34.4. The van der Waals surface area contributed by atoms with E-state index in [1.807, 2.05) is 0 Å². The van der Waals surface area contributed by atoms with Crippen LogP contribution in [0.25, 0.3) is 0 Å². The maximum atomic E-state index is 13.5. The number of nitrogens with one attached hydrogen (secondary N) is 2. The van der Waals surface area contributed by atoms with Crippen molar-refractivity contribution in [1.29, 1.82) is 0 Å². The van der Waals surface area contributed by atoms with Crippen molar-refractivity contribution in [3.8, 4) is 0 Å². The van der Waals surface area contributed by atoms with Crippen molar-refractivity contribution < 1.29 is 23.9 Å². The van der Waals surface area contributed by atoms with Crippen molar-refractivity contribution in [2.75, 3.05) is 0 Å². The molecular formula is C18H23FN2O4. The number of aliphatic carboxylic acids is 1. The van der Waals surface area contributed by atoms with Crippen molar-refractivity contribution in [2.45, 2.75) is 57.5 Å². The van der Waals surface area contributed by atoms with Crippen molar-refractivity contribution in [3.05, 3.63) is 35.1 Å². The average molecular weight is 350 g/mol. The number of carbonyl (C=O) groups is 3. The number of rotatable bonds is 8. The van der Waals surface area contributed by atoms with Crippen LogP contribution in [0.4, 0.5) is 4.39 Å². The molecule has 1 aromatic rings. The van der Waals surface area contributed by atoms with Crippen LogP contribution in [0.5, 0.6) is 0 Å². The molecule has 6 nitrogen and oxygen atoms in total. The Bertz CT molecular complexity index is 677. The zero-order chi connectivity index (χ0) is 18.4. The maximum absolute atomic E-state index is 13.5. The van der Waals surface area contributed by atoms with E-state index in [0.29, 0.717) is 36.8 Å². The summed E-state index contributed by atoms with van der Waals surface area (Å²) in [5, 5.41) is 14.4. The molecule has 0 unspecified atom stereocenters. The molecule has 136 valence electrons. The SMILES string of the molecule is Cc1ccc(CNC(=O)CC[C@]2(CCC(=O)O)CCC(=O)N2)cc1F. The minimum absolute atomic E-state index is 0.0510. The second-order valence-corrected chi connectivity index (χ2v) is 6.58. The van der Waals surface area contributed by atoms with Crippen LogP contribution in [0.2, 0.25) is 0 Å². The third-order valence-corrected chi connectivity index (χ3v) is 4.61. The highest BCUT2D eigenvalue weighted by atomic mass is 19.1. The van der Waals surface area contributed by atoms with Crippen molar-refractivity contribution in [3.63, 3.8) is 0 Å². The normalized spacial score (nSPS) is 19.5. The van der Waals surface area contributed by atoms with E-state index in [4.69, 9.17) is 5.11 Å². The fraction of sp³-hybridized carbons (Fsp3) is 0.500. The molecule has 1 aliphatic rings. The highest BCUT2D eigenvalue weighted by Crippen LogP contribution is 2.30. The summed E-state index contributed by atoms with van der Waals surface area (Å²) in [6.45, 7) is 1.90. The molecule has 1 atom stereocenters. The molecule has 7 heteroatoms. The van der Waals surface area contributed by atoms with E-state index in [2.05, 4.69) is 10.6 Å². The molecule has 0 aliphatic carbocycles. The summed E-state index contributed by atoms with van der Waals surface area (Å²) in [5.74, 6) is -1.56. The fourth-order valence-corrected chi connectivity index (χ4v) is 3.01. The first-order valence-corrected chi connectivity index (χ1v) is 8.34. The van der Waals surface area contributed by atoms with Crippen LogP contribution in [-0.2, 0) is 20.9 Å². The molecule has 1 fully saturated rings. The van der Waals surface area contributed by atoms with Gasteiger partial charge in [-0.1, -0.05) is 12.1 Å². The van der Waals surface area contributed by atoms with Gasteiger partial charge in [0.1, 0.15) is 5.82 Å². The second-order valence-electron chi connectivity index (χ2n) is 6.58. The summed E-state index contributed by atoms with van der Waals surface area (Å²) < 4.78 is 13.5. The largest absolute Gasteiger partial charge is 0.481 e. The molecule has 25 heavy (non-hydrogen) atoms. The third kappa shape index (κ3) is 5.55. The van der Waals surface area contributed by atoms with Crippen molar-refractivity contribution >= 4 is 17.8 Å². The smallest absolute Gasteiger partial charge is 0.303 e. The first-order valence-electron chi connectivity index (χ1n) is 8.34. The average Bonchev–Trinajstić information content (AvgIpc) is 2.94. The Morgan fingerprint density at radius 2 is 2.04 bits per heavy atom. The number of hydrogen-bond donors (Lipinski definition) is 3. The molecule has 1 saturated heterocycles. The second kappa shape index (κ2) is 8.09. The number of carbonyl (C=O) groups excluding carboxylic acids is 2. The van der Waals surface area contributed by atoms with Crippen LogP contribution in [-0.4, -0.2) is 28.4 Å². The van der Waals surface area contributed by atoms with E-state index in [1.165, 1.54) is 6.07 Å². The van der Waals surface area contributed by atoms with Gasteiger partial charge >= 0.3 is 5.97 Å². The van der Waals surface area contributed by atoms with Gasteiger partial charge in [0.15, 0.2) is 0 Å². The van der Waals surface area contributed by atoms with Gasteiger partial charge < -0.3 is 15.7 Å². The molecule has 0 saturated carbocycles. The Hall–Kier alpha value is -2.44. The van der Waals surface area contributed by atoms with E-state index in [0.717, 1.165) is 0 Å². The van der Waals surface area contributed by atoms with Crippen LogP contribution in [0.1, 0.15) is 49.7 Å². The summed E-state index contributed by atoms with van der Waals surface area (Å²) in [7, 11) is 0. The number of carboxylic acids is 1. The van der Waals surface area contributed by atoms with Gasteiger partial charge in [0, 0.05) is 31.3 Å². The predicted octanol–water partition coefficient (Wildman–Crippen LogP) is 2.04. The summed E-state index contributed by atoms with van der Waals surface area (Å²) in [6, 6.07) is 4.80. The summed E-state index contributed by atoms with van der Waals surface area (Å²) in [6.07, 6.45) is 1.71. The summed E-state index contributed by atoms with van der Waals surface area (Å²) >= 11 is 0. The molecule has 2 rings (SSSR count). The Morgan fingerprint density at radius 1 is 1.32 bits per heavy atom.